The van der Waals surface area contributed by atoms with E-state index in [0.717, 1.165) is 89.0 Å². The summed E-state index contributed by atoms with van der Waals surface area (Å²) in [5, 5.41) is 22.3. The van der Waals surface area contributed by atoms with Crippen molar-refractivity contribution < 1.29 is 49.3 Å². The van der Waals surface area contributed by atoms with E-state index < -0.39 is 4.92 Å². The van der Waals surface area contributed by atoms with Gasteiger partial charge in [-0.25, -0.2) is 4.98 Å². The minimum absolute atomic E-state index is 0. The normalized spacial score (nSPS) is 12.2. The van der Waals surface area contributed by atoms with Crippen LogP contribution in [0.4, 0.5) is 17.1 Å². The minimum Gasteiger partial charge on any atom is -0.399 e. The molecule has 0 saturated carbocycles. The van der Waals surface area contributed by atoms with Gasteiger partial charge in [0, 0.05) is 165 Å². The van der Waals surface area contributed by atoms with E-state index >= 15 is 0 Å². The molecule has 6 aromatic heterocycles. The van der Waals surface area contributed by atoms with Crippen molar-refractivity contribution >= 4 is 138 Å². The number of aromatic nitrogens is 6. The van der Waals surface area contributed by atoms with Gasteiger partial charge in [0.1, 0.15) is 5.15 Å². The Morgan fingerprint density at radius 1 is 0.405 bits per heavy atom. The van der Waals surface area contributed by atoms with Gasteiger partial charge in [0.05, 0.1) is 67.9 Å². The molecule has 6 aliphatic rings. The number of H-pyrrole nitrogens is 5. The van der Waals surface area contributed by atoms with Crippen LogP contribution >= 0.6 is 27.5 Å². The van der Waals surface area contributed by atoms with Crippen molar-refractivity contribution in [1.29, 1.82) is 0 Å². The number of pyridine rings is 6. The van der Waals surface area contributed by atoms with Gasteiger partial charge in [-0.3, -0.25) is 58.1 Å². The molecular formula is C101H67BrClN10O12Pd-. The number of benzene rings is 12. The standard InChI is InChI=1S/C20H19N3O2.C16H8BrNO2.C16H8ClNO.C16H8N2O4.C16H12N2O.C16H9NO2.CH3.Pd/c1-23(2)11-18(24)21-13-7-8-15-16(10-13)17-9-12-5-3-4-6-14(12)19(17)22-20(15)25;17-8-5-6-11-12(7-8)13-14(18-16(11)20)9-3-1-2-4-10(9)15(13)19;17-16-12-8-4-1-5-9(12)13-14(18-16)10-6-2-3-7-11(10)15(13)19;19-15-10-4-2-1-3-9(10)14-13(15)12-7-8(18(21)22)5-6-11(12)16(20)17-14;17-10-5-6-12-13(8-10)14-7-9-3-1-2-4-11(9)15(14)18-16(12)19;18-15-11-7-3-2-6-10(11)14-13(15)9-5-1-4-8-12(9)16(19)17-14;;/h3-8,10H,9,11H2,1-2H3,(H,21,24)(H,22,25);1-7H,(H,18,20);1-8H;1-7H,(H,17,20);1-6,8H,7,17H2,(H,18,19);1-8H,(H,17,19);1H3;/q;;;;;;-1;. The number of nitrogen functional groups attached to an aromatic ring is 1. The fourth-order valence-electron chi connectivity index (χ4n) is 17.5. The maximum absolute atomic E-state index is 12.6. The Labute approximate surface area is 741 Å². The van der Waals surface area contributed by atoms with Gasteiger partial charge in [-0.1, -0.05) is 216 Å². The number of halogens is 2. The van der Waals surface area contributed by atoms with E-state index in [1.165, 1.54) is 34.9 Å². The Kier molecular flexibility index (Phi) is 21.9. The second-order valence-corrected chi connectivity index (χ2v) is 31.9. The smallest absolute Gasteiger partial charge is 0.270 e. The molecule has 25 heteroatoms. The Morgan fingerprint density at radius 2 is 0.754 bits per heavy atom. The topological polar surface area (TPSA) is 347 Å². The van der Waals surface area contributed by atoms with Crippen molar-refractivity contribution in [1.82, 2.24) is 34.8 Å². The van der Waals surface area contributed by atoms with Gasteiger partial charge < -0.3 is 48.3 Å². The van der Waals surface area contributed by atoms with Gasteiger partial charge in [-0.05, 0) is 119 Å². The van der Waals surface area contributed by atoms with E-state index in [2.05, 4.69) is 69.3 Å². The van der Waals surface area contributed by atoms with E-state index in [4.69, 9.17) is 17.3 Å². The van der Waals surface area contributed by atoms with Crippen molar-refractivity contribution in [2.75, 3.05) is 31.7 Å². The maximum Gasteiger partial charge on any atom is 0.270 e. The molecule has 0 atom stereocenters. The number of rotatable bonds is 4. The largest absolute Gasteiger partial charge is 0.399 e. The first kappa shape index (κ1) is 83.1. The molecule has 0 spiro atoms. The van der Waals surface area contributed by atoms with Crippen LogP contribution < -0.4 is 38.8 Å². The summed E-state index contributed by atoms with van der Waals surface area (Å²) < 4.78 is 0.849. The number of hydrogen-bond donors (Lipinski definition) is 7. The predicted octanol–water partition coefficient (Wildman–Crippen LogP) is 18.7. The molecule has 618 valence electrons. The molecule has 0 fully saturated rings. The van der Waals surface area contributed by atoms with Crippen molar-refractivity contribution in [2.24, 2.45) is 0 Å². The van der Waals surface area contributed by atoms with Gasteiger partial charge in [0.15, 0.2) is 23.1 Å². The van der Waals surface area contributed by atoms with Crippen LogP contribution in [-0.2, 0) is 38.1 Å². The number of non-ortho nitro benzene ring substituents is 1. The molecule has 126 heavy (non-hydrogen) atoms. The van der Waals surface area contributed by atoms with Crippen molar-refractivity contribution in [3.8, 4) is 67.5 Å². The van der Waals surface area contributed by atoms with Gasteiger partial charge in [-0.15, -0.1) is 0 Å². The molecule has 1 amide bonds. The maximum atomic E-state index is 12.6. The van der Waals surface area contributed by atoms with Crippen LogP contribution in [0, 0.1) is 17.5 Å². The fourth-order valence-corrected chi connectivity index (χ4v) is 18.1. The summed E-state index contributed by atoms with van der Waals surface area (Å²) in [5.74, 6) is -0.319. The summed E-state index contributed by atoms with van der Waals surface area (Å²) in [5.41, 5.74) is 25.3. The monoisotopic (exact) mass is 1830 g/mol. The van der Waals surface area contributed by atoms with E-state index in [9.17, 15) is 58.1 Å². The number of likely N-dealkylation sites (N-methyl/N-ethyl adjacent to an activating group) is 1. The third kappa shape index (κ3) is 14.4. The fraction of sp³-hybridized carbons (Fsp3) is 0.0495. The average Bonchev–Trinajstić information content (AvgIpc) is 1.60. The van der Waals surface area contributed by atoms with Gasteiger partial charge in [-0.2, -0.15) is 0 Å². The number of fused-ring (bicyclic) bond motifs is 30. The van der Waals surface area contributed by atoms with Crippen LogP contribution in [0.5, 0.6) is 0 Å². The first-order valence-corrected chi connectivity index (χ1v) is 40.5. The number of nitrogens with two attached hydrogens (primary N) is 1. The first-order chi connectivity index (χ1) is 60.0. The van der Waals surface area contributed by atoms with Gasteiger partial charge >= 0.3 is 0 Å². The SMILES string of the molecule is CN(C)CC(=O)Nc1ccc2c(=O)[nH]c3c(c2c1)Cc1ccccc1-3.Nc1ccc2c(=O)[nH]c3c(c2c1)Cc1ccccc1-3.O=C1c2ccccc2-c2[nH]c(=O)c3ccc(Br)cc3c21.O=C1c2ccccc2-c2[nH]c(=O)c3ccc([N+](=O)[O-])cc3c21.O=C1c2ccccc2-c2[nH]c(=O)c3ccccc3c21.O=C1c2ccccc2-c2nc(Cl)c3ccccc3c21.[CH3-].[Pd]. The summed E-state index contributed by atoms with van der Waals surface area (Å²) >= 11 is 9.63. The van der Waals surface area contributed by atoms with Gasteiger partial charge in [0.25, 0.3) is 33.5 Å². The molecule has 6 aliphatic carbocycles. The minimum atomic E-state index is -0.542. The number of carbonyl (C=O) groups excluding carboxylic acids is 5. The zero-order chi connectivity index (χ0) is 85.8. The summed E-state index contributed by atoms with van der Waals surface area (Å²) in [4.78, 5) is 154. The quantitative estimate of drug-likeness (QED) is 0.0215. The molecule has 0 saturated heterocycles. The van der Waals surface area contributed by atoms with E-state index in [1.807, 2.05) is 165 Å². The third-order valence-corrected chi connectivity index (χ3v) is 23.8. The number of nitrogens with zero attached hydrogens (tertiary/aromatic N) is 3. The number of ketones is 4. The molecule has 6 heterocycles. The molecule has 0 bridgehead atoms. The van der Waals surface area contributed by atoms with Crippen LogP contribution in [0.1, 0.15) is 85.9 Å². The van der Waals surface area contributed by atoms with Crippen molar-refractivity contribution in [3.63, 3.8) is 0 Å². The van der Waals surface area contributed by atoms with E-state index in [-0.39, 0.29) is 95.8 Å². The molecular weight excluding hydrogens is 1770 g/mol. The number of aromatic amines is 5. The molecule has 0 radical (unpaired) electrons. The Hall–Kier alpha value is -15.2. The van der Waals surface area contributed by atoms with Gasteiger partial charge in [0.2, 0.25) is 5.91 Å². The molecule has 8 N–H and O–H groups in total. The van der Waals surface area contributed by atoms with Crippen LogP contribution in [0.2, 0.25) is 5.15 Å². The summed E-state index contributed by atoms with van der Waals surface area (Å²) in [6.07, 6.45) is 1.64. The Bertz CT molecular complexity index is 8160. The van der Waals surface area contributed by atoms with Crippen molar-refractivity contribution in [2.45, 2.75) is 12.8 Å². The Morgan fingerprint density at radius 3 is 1.24 bits per heavy atom. The first-order valence-electron chi connectivity index (χ1n) is 39.3. The predicted molar refractivity (Wildman–Crippen MR) is 494 cm³/mol. The number of nitrogens with one attached hydrogen (secondary N) is 6. The van der Waals surface area contributed by atoms with Crippen LogP contribution in [0.15, 0.2) is 295 Å². The van der Waals surface area contributed by atoms with Crippen LogP contribution in [0.25, 0.3) is 132 Å². The van der Waals surface area contributed by atoms with E-state index in [0.29, 0.717) is 128 Å². The van der Waals surface area contributed by atoms with E-state index in [1.54, 1.807) is 84.9 Å². The summed E-state index contributed by atoms with van der Waals surface area (Å²) in [7, 11) is 3.70. The van der Waals surface area contributed by atoms with Crippen molar-refractivity contribution in [3.05, 3.63) is 413 Å². The second kappa shape index (κ2) is 33.2. The number of amides is 1. The molecule has 22 nitrogen and oxygen atoms in total. The number of nitro groups is 1. The molecule has 0 aliphatic heterocycles. The number of nitro benzene ring substituents is 1. The number of anilines is 2. The molecule has 18 aromatic rings. The molecule has 12 aromatic carbocycles. The second-order valence-electron chi connectivity index (χ2n) is 30.6. The van der Waals surface area contributed by atoms with Crippen LogP contribution in [-0.4, -0.2) is 89.4 Å². The van der Waals surface area contributed by atoms with Crippen LogP contribution in [0.3, 0.4) is 0 Å². The third-order valence-electron chi connectivity index (χ3n) is 23.0. The summed E-state index contributed by atoms with van der Waals surface area (Å²) in [6, 6.07) is 80.5. The number of carbonyl (C=O) groups is 5. The zero-order valence-electron chi connectivity index (χ0n) is 66.9. The average molecular weight is 1830 g/mol. The molecule has 0 unspecified atom stereocenters. The number of hydrogen-bond acceptors (Lipinski definition) is 15. The molecule has 24 rings (SSSR count). The Balaban J connectivity index is 0.000000107. The zero-order valence-corrected chi connectivity index (χ0v) is 70.8. The summed E-state index contributed by atoms with van der Waals surface area (Å²) in [6.45, 7) is 0.316.